The lowest BCUT2D eigenvalue weighted by Gasteiger charge is -2.07. The van der Waals surface area contributed by atoms with Crippen LogP contribution in [-0.2, 0) is 6.54 Å². The lowest BCUT2D eigenvalue weighted by atomic mass is 10.1. The van der Waals surface area contributed by atoms with Gasteiger partial charge in [-0.05, 0) is 25.0 Å². The van der Waals surface area contributed by atoms with Crippen LogP contribution < -0.4 is 5.32 Å². The second-order valence-corrected chi connectivity index (χ2v) is 3.35. The molecule has 1 nitrogen and oxygen atoms in total. The van der Waals surface area contributed by atoms with Gasteiger partial charge in [-0.1, -0.05) is 29.8 Å². The number of nitrogens with one attached hydrogen (secondary N) is 1. The van der Waals surface area contributed by atoms with Gasteiger partial charge in [0.1, 0.15) is 0 Å². The van der Waals surface area contributed by atoms with Crippen LogP contribution in [0.1, 0.15) is 16.7 Å². The Morgan fingerprint density at radius 2 is 2.15 bits per heavy atom. The fourth-order valence-electron chi connectivity index (χ4n) is 1.30. The molecule has 0 unspecified atom stereocenters. The standard InChI is InChI=1S/C12H17N/c1-4-7-13-9-12-8-10(2)5-6-11(12)3/h4-6,8,13H,1,7,9H2,2-3H3. The van der Waals surface area contributed by atoms with E-state index in [1.54, 1.807) is 0 Å². The molecule has 0 atom stereocenters. The van der Waals surface area contributed by atoms with Gasteiger partial charge < -0.3 is 5.32 Å². The zero-order chi connectivity index (χ0) is 9.68. The number of rotatable bonds is 4. The number of benzene rings is 1. The molecule has 0 fully saturated rings. The second-order valence-electron chi connectivity index (χ2n) is 3.35. The maximum atomic E-state index is 3.67. The van der Waals surface area contributed by atoms with Gasteiger partial charge >= 0.3 is 0 Å². The molecular formula is C12H17N. The normalized spacial score (nSPS) is 10.0. The summed E-state index contributed by atoms with van der Waals surface area (Å²) < 4.78 is 0. The van der Waals surface area contributed by atoms with Crippen LogP contribution in [0.25, 0.3) is 0 Å². The van der Waals surface area contributed by atoms with E-state index in [0.29, 0.717) is 0 Å². The molecule has 1 aromatic carbocycles. The van der Waals surface area contributed by atoms with Gasteiger partial charge in [-0.15, -0.1) is 6.58 Å². The van der Waals surface area contributed by atoms with Crippen molar-refractivity contribution in [2.24, 2.45) is 0 Å². The third kappa shape index (κ3) is 3.03. The zero-order valence-corrected chi connectivity index (χ0v) is 8.43. The average molecular weight is 175 g/mol. The lowest BCUT2D eigenvalue weighted by molar-refractivity contribution is 0.756. The Morgan fingerprint density at radius 1 is 1.38 bits per heavy atom. The summed E-state index contributed by atoms with van der Waals surface area (Å²) >= 11 is 0. The molecule has 0 saturated heterocycles. The van der Waals surface area contributed by atoms with Gasteiger partial charge in [-0.2, -0.15) is 0 Å². The monoisotopic (exact) mass is 175 g/mol. The number of aryl methyl sites for hydroxylation is 2. The highest BCUT2D eigenvalue weighted by molar-refractivity contribution is 5.30. The van der Waals surface area contributed by atoms with E-state index >= 15 is 0 Å². The van der Waals surface area contributed by atoms with E-state index in [4.69, 9.17) is 0 Å². The molecule has 0 amide bonds. The molecule has 0 aliphatic heterocycles. The summed E-state index contributed by atoms with van der Waals surface area (Å²) in [5, 5.41) is 3.30. The van der Waals surface area contributed by atoms with Crippen LogP contribution in [0.4, 0.5) is 0 Å². The summed E-state index contributed by atoms with van der Waals surface area (Å²) in [4.78, 5) is 0. The van der Waals surface area contributed by atoms with Crippen LogP contribution in [0.15, 0.2) is 30.9 Å². The average Bonchev–Trinajstić information content (AvgIpc) is 2.11. The van der Waals surface area contributed by atoms with Crippen LogP contribution in [0, 0.1) is 13.8 Å². The van der Waals surface area contributed by atoms with Crippen molar-refractivity contribution in [3.8, 4) is 0 Å². The van der Waals surface area contributed by atoms with E-state index in [-0.39, 0.29) is 0 Å². The molecule has 0 spiro atoms. The first-order valence-corrected chi connectivity index (χ1v) is 4.62. The lowest BCUT2D eigenvalue weighted by Crippen LogP contribution is -2.13. The molecule has 1 rings (SSSR count). The Morgan fingerprint density at radius 3 is 2.85 bits per heavy atom. The quantitative estimate of drug-likeness (QED) is 0.548. The predicted molar refractivity (Wildman–Crippen MR) is 57.8 cm³/mol. The topological polar surface area (TPSA) is 12.0 Å². The van der Waals surface area contributed by atoms with Gasteiger partial charge in [-0.3, -0.25) is 0 Å². The minimum Gasteiger partial charge on any atom is -0.309 e. The zero-order valence-electron chi connectivity index (χ0n) is 8.43. The largest absolute Gasteiger partial charge is 0.309 e. The molecule has 0 radical (unpaired) electrons. The van der Waals surface area contributed by atoms with Crippen molar-refractivity contribution in [1.29, 1.82) is 0 Å². The second kappa shape index (κ2) is 4.83. The van der Waals surface area contributed by atoms with E-state index in [0.717, 1.165) is 13.1 Å². The molecule has 0 bridgehead atoms. The van der Waals surface area contributed by atoms with E-state index < -0.39 is 0 Å². The van der Waals surface area contributed by atoms with Gasteiger partial charge in [0.2, 0.25) is 0 Å². The highest BCUT2D eigenvalue weighted by Gasteiger charge is 1.96. The van der Waals surface area contributed by atoms with E-state index in [9.17, 15) is 0 Å². The Hall–Kier alpha value is -1.08. The number of hydrogen-bond acceptors (Lipinski definition) is 1. The molecule has 0 aromatic heterocycles. The van der Waals surface area contributed by atoms with Crippen molar-refractivity contribution in [3.63, 3.8) is 0 Å². The Kier molecular flexibility index (Phi) is 3.71. The van der Waals surface area contributed by atoms with Crippen LogP contribution >= 0.6 is 0 Å². The summed E-state index contributed by atoms with van der Waals surface area (Å²) in [6.45, 7) is 9.73. The van der Waals surface area contributed by atoms with Crippen LogP contribution in [0.5, 0.6) is 0 Å². The van der Waals surface area contributed by atoms with Gasteiger partial charge in [0.05, 0.1) is 0 Å². The van der Waals surface area contributed by atoms with Crippen molar-refractivity contribution < 1.29 is 0 Å². The van der Waals surface area contributed by atoms with E-state index in [1.807, 2.05) is 6.08 Å². The van der Waals surface area contributed by atoms with Gasteiger partial charge in [0.25, 0.3) is 0 Å². The Balaban J connectivity index is 2.64. The Labute approximate surface area is 80.5 Å². The fraction of sp³-hybridized carbons (Fsp3) is 0.333. The van der Waals surface area contributed by atoms with Gasteiger partial charge in [0, 0.05) is 13.1 Å². The summed E-state index contributed by atoms with van der Waals surface area (Å²) in [5.41, 5.74) is 4.05. The first kappa shape index (κ1) is 10.0. The molecule has 1 N–H and O–H groups in total. The fourth-order valence-corrected chi connectivity index (χ4v) is 1.30. The van der Waals surface area contributed by atoms with Crippen molar-refractivity contribution in [2.45, 2.75) is 20.4 Å². The van der Waals surface area contributed by atoms with Crippen LogP contribution in [0.2, 0.25) is 0 Å². The summed E-state index contributed by atoms with van der Waals surface area (Å²) in [6, 6.07) is 6.54. The molecule has 70 valence electrons. The van der Waals surface area contributed by atoms with Gasteiger partial charge in [-0.25, -0.2) is 0 Å². The molecular weight excluding hydrogens is 158 g/mol. The molecule has 0 heterocycles. The predicted octanol–water partition coefficient (Wildman–Crippen LogP) is 2.58. The molecule has 0 aliphatic rings. The summed E-state index contributed by atoms with van der Waals surface area (Å²) in [6.07, 6.45) is 1.88. The third-order valence-electron chi connectivity index (χ3n) is 2.11. The SMILES string of the molecule is C=CCNCc1cc(C)ccc1C. The molecule has 0 saturated carbocycles. The smallest absolute Gasteiger partial charge is 0.0211 e. The van der Waals surface area contributed by atoms with Crippen LogP contribution in [0.3, 0.4) is 0 Å². The maximum absolute atomic E-state index is 3.67. The third-order valence-corrected chi connectivity index (χ3v) is 2.11. The summed E-state index contributed by atoms with van der Waals surface area (Å²) in [7, 11) is 0. The first-order valence-electron chi connectivity index (χ1n) is 4.62. The number of hydrogen-bond donors (Lipinski definition) is 1. The highest BCUT2D eigenvalue weighted by Crippen LogP contribution is 2.09. The molecule has 13 heavy (non-hydrogen) atoms. The van der Waals surface area contributed by atoms with Crippen molar-refractivity contribution in [3.05, 3.63) is 47.5 Å². The Bertz CT molecular complexity index is 289. The van der Waals surface area contributed by atoms with E-state index in [2.05, 4.69) is 43.9 Å². The maximum Gasteiger partial charge on any atom is 0.0211 e. The highest BCUT2D eigenvalue weighted by atomic mass is 14.8. The molecule has 0 aliphatic carbocycles. The van der Waals surface area contributed by atoms with Crippen molar-refractivity contribution >= 4 is 0 Å². The van der Waals surface area contributed by atoms with Crippen LogP contribution in [-0.4, -0.2) is 6.54 Å². The first-order chi connectivity index (χ1) is 6.24. The minimum atomic E-state index is 0.868. The van der Waals surface area contributed by atoms with E-state index in [1.165, 1.54) is 16.7 Å². The van der Waals surface area contributed by atoms with Crippen molar-refractivity contribution in [1.82, 2.24) is 5.32 Å². The van der Waals surface area contributed by atoms with Crippen molar-refractivity contribution in [2.75, 3.05) is 6.54 Å². The minimum absolute atomic E-state index is 0.868. The molecule has 1 aromatic rings. The molecule has 1 heteroatoms. The summed E-state index contributed by atoms with van der Waals surface area (Å²) in [5.74, 6) is 0. The van der Waals surface area contributed by atoms with Gasteiger partial charge in [0.15, 0.2) is 0 Å².